The van der Waals surface area contributed by atoms with Gasteiger partial charge in [-0.2, -0.15) is 9.90 Å². The zero-order valence-corrected chi connectivity index (χ0v) is 58.9. The molecule has 1 saturated carbocycles. The fraction of sp³-hybridized carbons (Fsp3) is 0.667. The summed E-state index contributed by atoms with van der Waals surface area (Å²) >= 11 is 7.12. The Bertz CT molecular complexity index is 3150. The van der Waals surface area contributed by atoms with E-state index in [1.165, 1.54) is 52.5 Å². The molecule has 0 amide bonds. The number of carbonyl (C=O) groups is 1. The zero-order valence-electron chi connectivity index (χ0n) is 56.5. The molecule has 1 N–H and O–H groups in total. The van der Waals surface area contributed by atoms with E-state index in [-0.39, 0.29) is 43.6 Å². The van der Waals surface area contributed by atoms with Crippen molar-refractivity contribution in [1.82, 2.24) is 58.6 Å². The Labute approximate surface area is 509 Å². The maximum atomic E-state index is 11.3. The predicted octanol–water partition coefficient (Wildman–Crippen LogP) is 14.3. The summed E-state index contributed by atoms with van der Waals surface area (Å²) in [5, 5.41) is 24.9. The number of aromatic nitrogens is 12. The van der Waals surface area contributed by atoms with E-state index in [4.69, 9.17) is 16.7 Å². The van der Waals surface area contributed by atoms with Gasteiger partial charge < -0.3 is 18.8 Å². The average Bonchev–Trinajstić information content (AvgIpc) is 4.27. The van der Waals surface area contributed by atoms with Crippen LogP contribution >= 0.6 is 22.9 Å². The van der Waals surface area contributed by atoms with Gasteiger partial charge in [0.25, 0.3) is 0 Å². The molecule has 6 aromatic heterocycles. The second kappa shape index (κ2) is 28.3. The molecule has 0 aromatic carbocycles. The van der Waals surface area contributed by atoms with E-state index < -0.39 is 15.8 Å². The summed E-state index contributed by atoms with van der Waals surface area (Å²) in [6.45, 7) is 51.7. The van der Waals surface area contributed by atoms with E-state index in [0.29, 0.717) is 21.0 Å². The highest BCUT2D eigenvalue weighted by molar-refractivity contribution is 7.92. The maximum absolute atomic E-state index is 11.3. The Hall–Kier alpha value is -5.27. The molecule has 0 saturated heterocycles. The van der Waals surface area contributed by atoms with Crippen LogP contribution in [-0.4, -0.2) is 96.6 Å². The molecule has 0 spiro atoms. The fourth-order valence-electron chi connectivity index (χ4n) is 8.06. The zero-order chi connectivity index (χ0) is 64.6. The van der Waals surface area contributed by atoms with Gasteiger partial charge in [-0.3, -0.25) is 9.67 Å². The number of rotatable bonds is 4. The number of aliphatic carboxylic acids is 1. The number of thiophene rings is 1. The molecule has 8 rings (SSSR count). The van der Waals surface area contributed by atoms with Gasteiger partial charge in [-0.15, -0.1) is 21.5 Å². The number of hydrogen-bond acceptors (Lipinski definition) is 12. The quantitative estimate of drug-likeness (QED) is 0.176. The van der Waals surface area contributed by atoms with Crippen molar-refractivity contribution in [2.45, 2.75) is 228 Å². The van der Waals surface area contributed by atoms with Gasteiger partial charge in [-0.1, -0.05) is 171 Å². The average molecular weight is 1210 g/mol. The monoisotopic (exact) mass is 1210 g/mol. The molecule has 6 aromatic rings. The van der Waals surface area contributed by atoms with Gasteiger partial charge in [0.15, 0.2) is 15.7 Å². The number of carboxylic acids is 1. The van der Waals surface area contributed by atoms with Crippen LogP contribution in [0.5, 0.6) is 0 Å². The van der Waals surface area contributed by atoms with Crippen molar-refractivity contribution in [2.24, 2.45) is 45.6 Å². The predicted molar refractivity (Wildman–Crippen MR) is 345 cm³/mol. The van der Waals surface area contributed by atoms with E-state index in [2.05, 4.69) is 214 Å². The second-order valence-electron chi connectivity index (χ2n) is 29.3. The third-order valence-electron chi connectivity index (χ3n) is 13.4. The van der Waals surface area contributed by atoms with Gasteiger partial charge in [0.1, 0.15) is 21.6 Å². The van der Waals surface area contributed by atoms with Crippen LogP contribution in [0.15, 0.2) is 57.9 Å². The minimum absolute atomic E-state index is 0.00819. The number of halogens is 1. The first-order valence-electron chi connectivity index (χ1n) is 28.5. The summed E-state index contributed by atoms with van der Waals surface area (Å²) in [4.78, 5) is 28.8. The van der Waals surface area contributed by atoms with Crippen molar-refractivity contribution in [3.8, 4) is 0 Å². The molecule has 1 aliphatic carbocycles. The highest BCUT2D eigenvalue weighted by Crippen LogP contribution is 2.41. The molecule has 0 atom stereocenters. The number of nitrogens with zero attached hydrogens (tertiary/aromatic N) is 13. The molecule has 0 unspecified atom stereocenters. The highest BCUT2D eigenvalue weighted by Gasteiger charge is 2.30. The number of tetrazole rings is 1. The summed E-state index contributed by atoms with van der Waals surface area (Å²) in [5.74, 6) is 3.37. The lowest BCUT2D eigenvalue weighted by molar-refractivity contribution is -0.129. The van der Waals surface area contributed by atoms with E-state index >= 15 is 0 Å². The number of aryl methyl sites for hydroxylation is 4. The summed E-state index contributed by atoms with van der Waals surface area (Å²) in [5.41, 5.74) is 9.25. The minimum Gasteiger partial charge on any atom is -0.477 e. The van der Waals surface area contributed by atoms with Crippen LogP contribution in [-0.2, 0) is 82.4 Å². The van der Waals surface area contributed by atoms with Crippen molar-refractivity contribution in [2.75, 3.05) is 12.8 Å². The number of aliphatic imine (C=N–C) groups is 1. The number of imidazole rings is 3. The Morgan fingerprint density at radius 3 is 1.45 bits per heavy atom. The first-order valence-corrected chi connectivity index (χ1v) is 31.6. The van der Waals surface area contributed by atoms with E-state index in [1.54, 1.807) is 19.2 Å². The van der Waals surface area contributed by atoms with Crippen LogP contribution in [0.4, 0.5) is 0 Å². The third kappa shape index (κ3) is 23.6. The minimum atomic E-state index is -3.13. The summed E-state index contributed by atoms with van der Waals surface area (Å²) in [6, 6.07) is 3.94. The lowest BCUT2D eigenvalue weighted by Gasteiger charge is -2.19. The summed E-state index contributed by atoms with van der Waals surface area (Å²) in [7, 11) is 6.83. The van der Waals surface area contributed by atoms with E-state index in [0.717, 1.165) is 45.7 Å². The molecule has 2 aliphatic rings. The summed E-state index contributed by atoms with van der Waals surface area (Å²) in [6.07, 6.45) is 13.4. The molecule has 7 heterocycles. The van der Waals surface area contributed by atoms with Crippen LogP contribution in [0, 0.1) is 12.3 Å². The fourth-order valence-corrected chi connectivity index (χ4v) is 10.8. The SMILES string of the molecule is CC(C)(C)C1=CC(C(=O)O)=NC1.CC(C)(C)c1cc(S(C)(=O)=O)sc1Cl.CC(C)c1ncc(C(C)(C)C)n1C.Cc1ncc(C(C)(C)C)n1C.Cn1cnc(C(C)(C)C)c1.Cn1nc(C2CC2)cc1C(C)(C)C.Cn1nnc(C(C)(C)C)n1. The molecule has 1 fully saturated rings. The largest absolute Gasteiger partial charge is 0.477 e. The van der Waals surface area contributed by atoms with Gasteiger partial charge in [-0.25, -0.2) is 28.2 Å². The maximum Gasteiger partial charge on any atom is 0.354 e. The van der Waals surface area contributed by atoms with Crippen molar-refractivity contribution >= 4 is 44.5 Å². The Kier molecular flexibility index (Phi) is 25.2. The van der Waals surface area contributed by atoms with Gasteiger partial charge in [0.2, 0.25) is 0 Å². The molecule has 0 radical (unpaired) electrons. The van der Waals surface area contributed by atoms with Crippen molar-refractivity contribution < 1.29 is 18.3 Å². The first-order chi connectivity index (χ1) is 37.3. The molecule has 20 heteroatoms. The highest BCUT2D eigenvalue weighted by atomic mass is 35.5. The van der Waals surface area contributed by atoms with Crippen LogP contribution in [0.2, 0.25) is 4.34 Å². The Morgan fingerprint density at radius 1 is 0.687 bits per heavy atom. The number of hydrogen-bond donors (Lipinski definition) is 1. The van der Waals surface area contributed by atoms with Gasteiger partial charge >= 0.3 is 5.97 Å². The molecular formula is C63H106ClN13O4S2. The van der Waals surface area contributed by atoms with Crippen LogP contribution in [0.1, 0.15) is 235 Å². The standard InChI is InChI=1S/C11H18N2.C11H20N2.C9H13ClO2S2.C9H16N2.C9H13NO2.C8H14N2.C6H12N4/c1-11(2,3)10-7-9(8-5-6-8)12-13(10)4;1-8(2)10-12-7-9(13(10)6)11(3,4)5;1-9(2,3)6-5-7(13-8(6)10)14(4,11)12;1-7-10-6-8(11(7)5)9(2,3)4;1-9(2,3)6-4-7(8(11)12)10-5-6;1-8(2,3)7-5-10(4)6-9-7;1-6(2,3)5-7-9-10(4)8-5/h7-8H,5-6H2,1-4H3;7-8H,1-6H3;5H,1-4H3;6H,1-5H3;4H,5H2,1-3H3,(H,11,12);5-6H,1-4H3;1-4H3. The Morgan fingerprint density at radius 2 is 1.20 bits per heavy atom. The molecule has 17 nitrogen and oxygen atoms in total. The number of sulfone groups is 1. The number of carboxylic acid groups (broad SMARTS) is 1. The van der Waals surface area contributed by atoms with Crippen LogP contribution in [0.3, 0.4) is 0 Å². The Balaban J connectivity index is 0.000000332. The molecule has 466 valence electrons. The van der Waals surface area contributed by atoms with Gasteiger partial charge in [-0.05, 0) is 65.2 Å². The third-order valence-corrected chi connectivity index (χ3v) is 16.5. The first kappa shape index (κ1) is 73.8. The summed E-state index contributed by atoms with van der Waals surface area (Å²) < 4.78 is 31.8. The van der Waals surface area contributed by atoms with Crippen LogP contribution in [0.25, 0.3) is 0 Å². The van der Waals surface area contributed by atoms with Gasteiger partial charge in [0.05, 0.1) is 35.6 Å². The molecular weight excluding hydrogens is 1100 g/mol. The molecule has 83 heavy (non-hydrogen) atoms. The lowest BCUT2D eigenvalue weighted by Crippen LogP contribution is -2.17. The molecule has 0 bridgehead atoms. The van der Waals surface area contributed by atoms with Crippen molar-refractivity contribution in [3.63, 3.8) is 0 Å². The van der Waals surface area contributed by atoms with Crippen LogP contribution < -0.4 is 0 Å². The topological polar surface area (TPSA) is 199 Å². The second-order valence-corrected chi connectivity index (χ2v) is 33.2. The molecule has 1 aliphatic heterocycles. The smallest absolute Gasteiger partial charge is 0.354 e. The normalized spacial score (nSPS) is 14.0. The van der Waals surface area contributed by atoms with E-state index in [1.807, 2.05) is 69.8 Å². The van der Waals surface area contributed by atoms with E-state index in [9.17, 15) is 13.2 Å². The van der Waals surface area contributed by atoms with Crippen molar-refractivity contribution in [1.29, 1.82) is 0 Å². The lowest BCUT2D eigenvalue weighted by atomic mass is 9.87. The van der Waals surface area contributed by atoms with Crippen molar-refractivity contribution in [3.05, 3.63) is 105 Å². The van der Waals surface area contributed by atoms with Gasteiger partial charge in [0, 0.05) is 109 Å².